The molecule has 1 saturated carbocycles. The first kappa shape index (κ1) is 9.45. The second-order valence-corrected chi connectivity index (χ2v) is 4.29. The fourth-order valence-corrected chi connectivity index (χ4v) is 2.01. The molecule has 0 spiro atoms. The summed E-state index contributed by atoms with van der Waals surface area (Å²) in [5.41, 5.74) is 0. The van der Waals surface area contributed by atoms with E-state index in [0.29, 0.717) is 0 Å². The Hall–Kier alpha value is -0.640. The van der Waals surface area contributed by atoms with Crippen molar-refractivity contribution in [2.45, 2.75) is 25.3 Å². The molecule has 0 atom stereocenters. The summed E-state index contributed by atoms with van der Waals surface area (Å²) in [6.07, 6.45) is 1.93. The van der Waals surface area contributed by atoms with E-state index in [1.165, 1.54) is 4.31 Å². The van der Waals surface area contributed by atoms with Crippen molar-refractivity contribution >= 4 is 10.2 Å². The van der Waals surface area contributed by atoms with Crippen LogP contribution in [0.4, 0.5) is 0 Å². The third kappa shape index (κ3) is 2.44. The molecule has 0 aliphatic heterocycles. The van der Waals surface area contributed by atoms with Crippen molar-refractivity contribution in [2.75, 3.05) is 6.54 Å². The maximum atomic E-state index is 10.9. The molecule has 2 N–H and O–H groups in total. The van der Waals surface area contributed by atoms with Crippen LogP contribution in [-0.4, -0.2) is 25.3 Å². The van der Waals surface area contributed by atoms with E-state index in [9.17, 15) is 8.42 Å². The van der Waals surface area contributed by atoms with Crippen LogP contribution in [0.25, 0.3) is 0 Å². The highest BCUT2D eigenvalue weighted by atomic mass is 32.2. The largest absolute Gasteiger partial charge is 0.277 e. The Bertz CT molecular complexity index is 288. The fraction of sp³-hybridized carbons (Fsp3) is 0.833. The van der Waals surface area contributed by atoms with Crippen LogP contribution in [0.5, 0.6) is 0 Å². The zero-order chi connectivity index (χ0) is 9.19. The van der Waals surface area contributed by atoms with Crippen molar-refractivity contribution in [1.82, 2.24) is 4.31 Å². The first-order chi connectivity index (χ1) is 5.55. The number of hydrogen-bond donors (Lipinski definition) is 1. The molecule has 0 saturated heterocycles. The Morgan fingerprint density at radius 2 is 2.17 bits per heavy atom. The van der Waals surface area contributed by atoms with E-state index < -0.39 is 10.2 Å². The molecule has 1 fully saturated rings. The summed E-state index contributed by atoms with van der Waals surface area (Å²) in [5.74, 6) is 0. The van der Waals surface area contributed by atoms with Crippen LogP contribution in [0.1, 0.15) is 19.3 Å². The third-order valence-corrected chi connectivity index (χ3v) is 2.86. The summed E-state index contributed by atoms with van der Waals surface area (Å²) in [6.45, 7) is 0.222. The molecule has 0 radical (unpaired) electrons. The van der Waals surface area contributed by atoms with Gasteiger partial charge in [-0.1, -0.05) is 0 Å². The van der Waals surface area contributed by atoms with Gasteiger partial charge in [-0.15, -0.1) is 0 Å². The van der Waals surface area contributed by atoms with Crippen molar-refractivity contribution in [2.24, 2.45) is 5.14 Å². The molecule has 0 bridgehead atoms. The topological polar surface area (TPSA) is 87.2 Å². The second kappa shape index (κ2) is 3.39. The lowest BCUT2D eigenvalue weighted by Crippen LogP contribution is -2.38. The van der Waals surface area contributed by atoms with E-state index >= 15 is 0 Å². The van der Waals surface area contributed by atoms with Gasteiger partial charge in [0.05, 0.1) is 6.07 Å². The predicted octanol–water partition coefficient (Wildman–Crippen LogP) is -0.432. The van der Waals surface area contributed by atoms with Crippen molar-refractivity contribution in [3.05, 3.63) is 0 Å². The minimum absolute atomic E-state index is 0.0494. The summed E-state index contributed by atoms with van der Waals surface area (Å²) in [5, 5.41) is 13.2. The van der Waals surface area contributed by atoms with Gasteiger partial charge in [-0.2, -0.15) is 18.0 Å². The summed E-state index contributed by atoms with van der Waals surface area (Å²) in [4.78, 5) is 0. The zero-order valence-electron chi connectivity index (χ0n) is 6.60. The minimum atomic E-state index is -3.59. The average Bonchev–Trinajstić information content (AvgIpc) is 2.69. The smallest absolute Gasteiger partial charge is 0.216 e. The number of nitriles is 1. The first-order valence-corrected chi connectivity index (χ1v) is 5.22. The molecule has 1 rings (SSSR count). The van der Waals surface area contributed by atoms with Crippen LogP contribution >= 0.6 is 0 Å². The van der Waals surface area contributed by atoms with Gasteiger partial charge in [0, 0.05) is 19.0 Å². The quantitative estimate of drug-likeness (QED) is 0.650. The van der Waals surface area contributed by atoms with E-state index in [1.807, 2.05) is 6.07 Å². The molecule has 5 nitrogen and oxygen atoms in total. The molecule has 1 aliphatic carbocycles. The Labute approximate surface area is 71.9 Å². The molecule has 1 aliphatic rings. The highest BCUT2D eigenvalue weighted by molar-refractivity contribution is 7.86. The van der Waals surface area contributed by atoms with Gasteiger partial charge in [0.25, 0.3) is 10.2 Å². The minimum Gasteiger partial charge on any atom is -0.216 e. The van der Waals surface area contributed by atoms with Crippen LogP contribution in [0.15, 0.2) is 0 Å². The normalized spacial score (nSPS) is 17.8. The Morgan fingerprint density at radius 3 is 2.50 bits per heavy atom. The lowest BCUT2D eigenvalue weighted by molar-refractivity contribution is 0.411. The molecular formula is C6H11N3O2S. The van der Waals surface area contributed by atoms with Crippen molar-refractivity contribution in [1.29, 1.82) is 5.26 Å². The lowest BCUT2D eigenvalue weighted by Gasteiger charge is -2.16. The van der Waals surface area contributed by atoms with Gasteiger partial charge < -0.3 is 0 Å². The third-order valence-electron chi connectivity index (χ3n) is 1.73. The lowest BCUT2D eigenvalue weighted by atomic mass is 10.4. The summed E-state index contributed by atoms with van der Waals surface area (Å²) in [6, 6.07) is 1.94. The Morgan fingerprint density at radius 1 is 1.58 bits per heavy atom. The van der Waals surface area contributed by atoms with Gasteiger partial charge in [0.1, 0.15) is 0 Å². The molecule has 0 heterocycles. The zero-order valence-corrected chi connectivity index (χ0v) is 7.42. The maximum absolute atomic E-state index is 10.9. The molecule has 0 unspecified atom stereocenters. The number of rotatable bonds is 4. The van der Waals surface area contributed by atoms with Gasteiger partial charge in [0.15, 0.2) is 0 Å². The van der Waals surface area contributed by atoms with E-state index in [2.05, 4.69) is 0 Å². The predicted molar refractivity (Wildman–Crippen MR) is 43.1 cm³/mol. The SMILES string of the molecule is N#CCCN(C1CC1)S(N)(=O)=O. The van der Waals surface area contributed by atoms with Crippen LogP contribution in [-0.2, 0) is 10.2 Å². The number of nitrogens with two attached hydrogens (primary N) is 1. The fourth-order valence-electron chi connectivity index (χ4n) is 1.04. The van der Waals surface area contributed by atoms with E-state index in [4.69, 9.17) is 10.4 Å². The van der Waals surface area contributed by atoms with Crippen LogP contribution in [0, 0.1) is 11.3 Å². The molecule has 0 amide bonds. The standard InChI is InChI=1S/C6H11N3O2S/c7-4-1-5-9(6-2-3-6)12(8,10)11/h6H,1-3,5H2,(H2,8,10,11). The van der Waals surface area contributed by atoms with E-state index in [-0.39, 0.29) is 19.0 Å². The van der Waals surface area contributed by atoms with Gasteiger partial charge in [-0.05, 0) is 12.8 Å². The number of nitrogens with zero attached hydrogens (tertiary/aromatic N) is 2. The van der Waals surface area contributed by atoms with Crippen LogP contribution in [0.2, 0.25) is 0 Å². The Kier molecular flexibility index (Phi) is 2.67. The summed E-state index contributed by atoms with van der Waals surface area (Å²) < 4.78 is 23.0. The summed E-state index contributed by atoms with van der Waals surface area (Å²) in [7, 11) is -3.59. The van der Waals surface area contributed by atoms with Gasteiger partial charge >= 0.3 is 0 Å². The highest BCUT2D eigenvalue weighted by Crippen LogP contribution is 2.28. The van der Waals surface area contributed by atoms with Gasteiger partial charge in [-0.25, -0.2) is 5.14 Å². The van der Waals surface area contributed by atoms with Crippen molar-refractivity contribution in [3.63, 3.8) is 0 Å². The Balaban J connectivity index is 2.57. The average molecular weight is 189 g/mol. The monoisotopic (exact) mass is 189 g/mol. The van der Waals surface area contributed by atoms with Gasteiger partial charge in [0.2, 0.25) is 0 Å². The van der Waals surface area contributed by atoms with E-state index in [0.717, 1.165) is 12.8 Å². The second-order valence-electron chi connectivity index (χ2n) is 2.79. The molecule has 12 heavy (non-hydrogen) atoms. The molecule has 6 heteroatoms. The highest BCUT2D eigenvalue weighted by Gasteiger charge is 2.34. The van der Waals surface area contributed by atoms with Crippen molar-refractivity contribution < 1.29 is 8.42 Å². The van der Waals surface area contributed by atoms with Gasteiger partial charge in [-0.3, -0.25) is 0 Å². The molecule has 0 aromatic rings. The van der Waals surface area contributed by atoms with Crippen LogP contribution < -0.4 is 5.14 Å². The van der Waals surface area contributed by atoms with E-state index in [1.54, 1.807) is 0 Å². The molecular weight excluding hydrogens is 178 g/mol. The first-order valence-electron chi connectivity index (χ1n) is 3.72. The van der Waals surface area contributed by atoms with Crippen molar-refractivity contribution in [3.8, 4) is 6.07 Å². The molecule has 68 valence electrons. The maximum Gasteiger partial charge on any atom is 0.277 e. The molecule has 0 aromatic carbocycles. The van der Waals surface area contributed by atoms with Crippen LogP contribution in [0.3, 0.4) is 0 Å². The summed E-state index contributed by atoms with van der Waals surface area (Å²) >= 11 is 0. The number of hydrogen-bond acceptors (Lipinski definition) is 3. The molecule has 0 aromatic heterocycles.